The standard InChI is InChI=1S/C19H18ClN3O4/c1-13-10-15(6-7-16(13)20)26-12-18(24)25-9-3-5-17-22-19(23-27-17)14-4-2-8-21-11-14/h2,4,6-8,10-11H,3,5,9,12H2,1H3. The normalized spacial score (nSPS) is 10.6. The molecule has 1 aromatic carbocycles. The summed E-state index contributed by atoms with van der Waals surface area (Å²) in [6.45, 7) is 1.95. The Kier molecular flexibility index (Phi) is 6.38. The molecule has 2 heterocycles. The molecule has 8 heteroatoms. The third-order valence-electron chi connectivity index (χ3n) is 3.67. The Morgan fingerprint density at radius 1 is 1.30 bits per heavy atom. The van der Waals surface area contributed by atoms with Crippen molar-refractivity contribution >= 4 is 17.6 Å². The van der Waals surface area contributed by atoms with E-state index in [0.717, 1.165) is 11.1 Å². The molecule has 0 bridgehead atoms. The summed E-state index contributed by atoms with van der Waals surface area (Å²) in [6, 6.07) is 8.86. The van der Waals surface area contributed by atoms with Crippen LogP contribution in [-0.2, 0) is 16.0 Å². The molecule has 0 aliphatic heterocycles. The molecule has 0 N–H and O–H groups in total. The summed E-state index contributed by atoms with van der Waals surface area (Å²) in [5, 5.41) is 4.56. The van der Waals surface area contributed by atoms with Crippen LogP contribution in [0.4, 0.5) is 0 Å². The third-order valence-corrected chi connectivity index (χ3v) is 4.10. The molecule has 0 unspecified atom stereocenters. The van der Waals surface area contributed by atoms with Gasteiger partial charge in [0.25, 0.3) is 0 Å². The molecule has 0 saturated carbocycles. The van der Waals surface area contributed by atoms with Crippen molar-refractivity contribution in [2.24, 2.45) is 0 Å². The van der Waals surface area contributed by atoms with E-state index in [-0.39, 0.29) is 13.2 Å². The van der Waals surface area contributed by atoms with E-state index in [0.29, 0.717) is 35.3 Å². The molecular formula is C19H18ClN3O4. The van der Waals surface area contributed by atoms with E-state index in [1.165, 1.54) is 0 Å². The molecular weight excluding hydrogens is 370 g/mol. The zero-order valence-electron chi connectivity index (χ0n) is 14.7. The number of halogens is 1. The molecule has 0 aliphatic carbocycles. The maximum atomic E-state index is 11.7. The lowest BCUT2D eigenvalue weighted by Gasteiger charge is -2.07. The van der Waals surface area contributed by atoms with Crippen LogP contribution in [0.2, 0.25) is 5.02 Å². The van der Waals surface area contributed by atoms with E-state index in [4.69, 9.17) is 25.6 Å². The fourth-order valence-electron chi connectivity index (χ4n) is 2.27. The molecule has 0 amide bonds. The summed E-state index contributed by atoms with van der Waals surface area (Å²) >= 11 is 5.95. The van der Waals surface area contributed by atoms with Gasteiger partial charge in [-0.25, -0.2) is 4.79 Å². The molecule has 0 atom stereocenters. The van der Waals surface area contributed by atoms with E-state index in [9.17, 15) is 4.79 Å². The van der Waals surface area contributed by atoms with Crippen molar-refractivity contribution in [3.05, 3.63) is 59.2 Å². The van der Waals surface area contributed by atoms with Crippen molar-refractivity contribution in [1.82, 2.24) is 15.1 Å². The van der Waals surface area contributed by atoms with Crippen LogP contribution >= 0.6 is 11.6 Å². The fraction of sp³-hybridized carbons (Fsp3) is 0.263. The minimum absolute atomic E-state index is 0.160. The van der Waals surface area contributed by atoms with E-state index >= 15 is 0 Å². The number of hydrogen-bond donors (Lipinski definition) is 0. The molecule has 0 saturated heterocycles. The Morgan fingerprint density at radius 3 is 2.96 bits per heavy atom. The van der Waals surface area contributed by atoms with Crippen LogP contribution in [0, 0.1) is 6.92 Å². The minimum Gasteiger partial charge on any atom is -0.482 e. The zero-order chi connectivity index (χ0) is 19.1. The number of ether oxygens (including phenoxy) is 2. The van der Waals surface area contributed by atoms with E-state index in [1.54, 1.807) is 36.7 Å². The number of carbonyl (C=O) groups is 1. The molecule has 3 rings (SSSR count). The quantitative estimate of drug-likeness (QED) is 0.430. The second-order valence-corrected chi connectivity index (χ2v) is 6.18. The highest BCUT2D eigenvalue weighted by Gasteiger charge is 2.10. The minimum atomic E-state index is -0.441. The van der Waals surface area contributed by atoms with Gasteiger partial charge in [-0.2, -0.15) is 4.98 Å². The fourth-order valence-corrected chi connectivity index (χ4v) is 2.39. The van der Waals surface area contributed by atoms with Crippen LogP contribution < -0.4 is 4.74 Å². The van der Waals surface area contributed by atoms with Gasteiger partial charge in [-0.05, 0) is 49.2 Å². The highest BCUT2D eigenvalue weighted by Crippen LogP contribution is 2.21. The highest BCUT2D eigenvalue weighted by molar-refractivity contribution is 6.31. The Labute approximate surface area is 161 Å². The van der Waals surface area contributed by atoms with Gasteiger partial charge in [-0.1, -0.05) is 16.8 Å². The molecule has 3 aromatic rings. The molecule has 7 nitrogen and oxygen atoms in total. The highest BCUT2D eigenvalue weighted by atomic mass is 35.5. The second-order valence-electron chi connectivity index (χ2n) is 5.78. The van der Waals surface area contributed by atoms with Crippen LogP contribution in [0.1, 0.15) is 17.9 Å². The predicted molar refractivity (Wildman–Crippen MR) is 98.5 cm³/mol. The molecule has 27 heavy (non-hydrogen) atoms. The maximum absolute atomic E-state index is 11.7. The van der Waals surface area contributed by atoms with Crippen molar-refractivity contribution in [2.75, 3.05) is 13.2 Å². The van der Waals surface area contributed by atoms with Gasteiger partial charge in [0.1, 0.15) is 5.75 Å². The van der Waals surface area contributed by atoms with E-state index in [2.05, 4.69) is 15.1 Å². The lowest BCUT2D eigenvalue weighted by molar-refractivity contribution is -0.146. The maximum Gasteiger partial charge on any atom is 0.344 e. The average molecular weight is 388 g/mol. The summed E-state index contributed by atoms with van der Waals surface area (Å²) in [5.41, 5.74) is 1.67. The van der Waals surface area contributed by atoms with Gasteiger partial charge in [0.05, 0.1) is 6.61 Å². The van der Waals surface area contributed by atoms with Crippen LogP contribution in [0.15, 0.2) is 47.2 Å². The Morgan fingerprint density at radius 2 is 2.19 bits per heavy atom. The predicted octanol–water partition coefficient (Wildman–Crippen LogP) is 3.65. The van der Waals surface area contributed by atoms with Crippen molar-refractivity contribution < 1.29 is 18.8 Å². The lowest BCUT2D eigenvalue weighted by Crippen LogP contribution is -2.15. The van der Waals surface area contributed by atoms with Gasteiger partial charge in [-0.15, -0.1) is 0 Å². The topological polar surface area (TPSA) is 87.3 Å². The average Bonchev–Trinajstić information content (AvgIpc) is 3.16. The zero-order valence-corrected chi connectivity index (χ0v) is 15.5. The summed E-state index contributed by atoms with van der Waals surface area (Å²) in [5.74, 6) is 1.10. The Hall–Kier alpha value is -2.93. The molecule has 0 spiro atoms. The first kappa shape index (κ1) is 18.8. The summed E-state index contributed by atoms with van der Waals surface area (Å²) in [4.78, 5) is 20.0. The summed E-state index contributed by atoms with van der Waals surface area (Å²) in [7, 11) is 0. The Bertz CT molecular complexity index is 899. The Balaban J connectivity index is 1.37. The van der Waals surface area contributed by atoms with Gasteiger partial charge in [-0.3, -0.25) is 4.98 Å². The molecule has 140 valence electrons. The first-order chi connectivity index (χ1) is 13.1. The monoisotopic (exact) mass is 387 g/mol. The number of aryl methyl sites for hydroxylation is 2. The lowest BCUT2D eigenvalue weighted by atomic mass is 10.2. The van der Waals surface area contributed by atoms with Crippen molar-refractivity contribution in [3.63, 3.8) is 0 Å². The number of nitrogens with zero attached hydrogens (tertiary/aromatic N) is 3. The first-order valence-electron chi connectivity index (χ1n) is 8.39. The number of rotatable bonds is 8. The van der Waals surface area contributed by atoms with Crippen molar-refractivity contribution in [2.45, 2.75) is 19.8 Å². The number of esters is 1. The third kappa shape index (κ3) is 5.52. The van der Waals surface area contributed by atoms with Crippen LogP contribution in [-0.4, -0.2) is 34.3 Å². The van der Waals surface area contributed by atoms with Gasteiger partial charge >= 0.3 is 5.97 Å². The number of aromatic nitrogens is 3. The van der Waals surface area contributed by atoms with Crippen LogP contribution in [0.5, 0.6) is 5.75 Å². The van der Waals surface area contributed by atoms with E-state index in [1.807, 2.05) is 13.0 Å². The van der Waals surface area contributed by atoms with Gasteiger partial charge in [0.15, 0.2) is 6.61 Å². The molecule has 0 radical (unpaired) electrons. The summed E-state index contributed by atoms with van der Waals surface area (Å²) in [6.07, 6.45) is 4.42. The van der Waals surface area contributed by atoms with Crippen LogP contribution in [0.3, 0.4) is 0 Å². The largest absolute Gasteiger partial charge is 0.482 e. The van der Waals surface area contributed by atoms with Gasteiger partial charge in [0, 0.05) is 29.4 Å². The van der Waals surface area contributed by atoms with E-state index < -0.39 is 5.97 Å². The first-order valence-corrected chi connectivity index (χ1v) is 8.77. The van der Waals surface area contributed by atoms with Gasteiger partial charge in [0.2, 0.25) is 11.7 Å². The van der Waals surface area contributed by atoms with Gasteiger partial charge < -0.3 is 14.0 Å². The number of benzene rings is 1. The number of pyridine rings is 1. The SMILES string of the molecule is Cc1cc(OCC(=O)OCCCc2nc(-c3cccnc3)no2)ccc1Cl. The summed E-state index contributed by atoms with van der Waals surface area (Å²) < 4.78 is 15.7. The second kappa shape index (κ2) is 9.14. The number of hydrogen-bond acceptors (Lipinski definition) is 7. The number of carbonyl (C=O) groups excluding carboxylic acids is 1. The van der Waals surface area contributed by atoms with Crippen molar-refractivity contribution in [1.29, 1.82) is 0 Å². The molecule has 2 aromatic heterocycles. The van der Waals surface area contributed by atoms with Crippen LogP contribution in [0.25, 0.3) is 11.4 Å². The van der Waals surface area contributed by atoms with Crippen molar-refractivity contribution in [3.8, 4) is 17.1 Å². The molecule has 0 fully saturated rings. The molecule has 0 aliphatic rings. The smallest absolute Gasteiger partial charge is 0.344 e.